The fourth-order valence-corrected chi connectivity index (χ4v) is 1.87. The van der Waals surface area contributed by atoms with Crippen LogP contribution in [0.1, 0.15) is 20.3 Å². The Hall–Kier alpha value is -1.37. The molecule has 0 aliphatic heterocycles. The summed E-state index contributed by atoms with van der Waals surface area (Å²) in [6, 6.07) is 2.20. The topological polar surface area (TPSA) is 3.88 Å². The number of hydrogen-bond acceptors (Lipinski definition) is 0. The van der Waals surface area contributed by atoms with E-state index in [0.29, 0.717) is 5.92 Å². The summed E-state index contributed by atoms with van der Waals surface area (Å²) < 4.78 is 2.28. The van der Waals surface area contributed by atoms with Gasteiger partial charge in [-0.15, -0.1) is 0 Å². The molecule has 2 rings (SSSR count). The van der Waals surface area contributed by atoms with Gasteiger partial charge in [0, 0.05) is 17.2 Å². The Morgan fingerprint density at radius 1 is 1.33 bits per heavy atom. The Morgan fingerprint density at radius 2 is 2.20 bits per heavy atom. The van der Waals surface area contributed by atoms with Gasteiger partial charge in [0.2, 0.25) is 0 Å². The van der Waals surface area contributed by atoms with Gasteiger partial charge in [-0.2, -0.15) is 0 Å². The number of rotatable bonds is 2. The summed E-state index contributed by atoms with van der Waals surface area (Å²) in [5, 5.41) is 2.67. The molecule has 0 fully saturated rings. The second-order valence-corrected chi connectivity index (χ2v) is 4.48. The lowest BCUT2D eigenvalue weighted by molar-refractivity contribution is -0.703. The third kappa shape index (κ3) is 2.56. The highest BCUT2D eigenvalue weighted by atomic mass is 14.9. The van der Waals surface area contributed by atoms with Crippen molar-refractivity contribution in [3.05, 3.63) is 41.0 Å². The van der Waals surface area contributed by atoms with Gasteiger partial charge < -0.3 is 0 Å². The SMILES string of the molecule is CC(C)C[n+]1ccc2c(c1)=CCC=CC=2. The van der Waals surface area contributed by atoms with E-state index >= 15 is 0 Å². The molecule has 0 bridgehead atoms. The summed E-state index contributed by atoms with van der Waals surface area (Å²) in [7, 11) is 0. The van der Waals surface area contributed by atoms with Crippen LogP contribution in [0.15, 0.2) is 30.6 Å². The van der Waals surface area contributed by atoms with Crippen LogP contribution in [0.25, 0.3) is 12.2 Å². The first-order valence-corrected chi connectivity index (χ1v) is 5.62. The predicted octanol–water partition coefficient (Wildman–Crippen LogP) is 1.15. The molecule has 0 radical (unpaired) electrons. The predicted molar refractivity (Wildman–Crippen MR) is 63.4 cm³/mol. The molecule has 1 aromatic rings. The van der Waals surface area contributed by atoms with Crippen molar-refractivity contribution in [1.29, 1.82) is 0 Å². The van der Waals surface area contributed by atoms with Crippen LogP contribution in [0.3, 0.4) is 0 Å². The van der Waals surface area contributed by atoms with Crippen molar-refractivity contribution < 1.29 is 4.57 Å². The van der Waals surface area contributed by atoms with Gasteiger partial charge in [0.25, 0.3) is 0 Å². The number of allylic oxidation sites excluding steroid dienone is 2. The van der Waals surface area contributed by atoms with E-state index in [4.69, 9.17) is 0 Å². The highest BCUT2D eigenvalue weighted by molar-refractivity contribution is 5.42. The number of hydrogen-bond donors (Lipinski definition) is 0. The molecule has 0 unspecified atom stereocenters. The van der Waals surface area contributed by atoms with Crippen LogP contribution in [0.2, 0.25) is 0 Å². The lowest BCUT2D eigenvalue weighted by Crippen LogP contribution is -2.43. The Morgan fingerprint density at radius 3 is 3.00 bits per heavy atom. The van der Waals surface area contributed by atoms with E-state index in [-0.39, 0.29) is 0 Å². The second-order valence-electron chi connectivity index (χ2n) is 4.48. The Balaban J connectivity index is 2.43. The van der Waals surface area contributed by atoms with Crippen LogP contribution in [0.4, 0.5) is 0 Å². The minimum absolute atomic E-state index is 0.695. The molecule has 1 heterocycles. The van der Waals surface area contributed by atoms with Crippen LogP contribution in [-0.4, -0.2) is 0 Å². The molecule has 1 nitrogen and oxygen atoms in total. The quantitative estimate of drug-likeness (QED) is 0.631. The van der Waals surface area contributed by atoms with Crippen LogP contribution in [-0.2, 0) is 6.54 Å². The van der Waals surface area contributed by atoms with Gasteiger partial charge in [0.1, 0.15) is 0 Å². The van der Waals surface area contributed by atoms with E-state index < -0.39 is 0 Å². The highest BCUT2D eigenvalue weighted by Gasteiger charge is 2.03. The van der Waals surface area contributed by atoms with Crippen molar-refractivity contribution in [3.8, 4) is 0 Å². The monoisotopic (exact) mass is 200 g/mol. The smallest absolute Gasteiger partial charge is 0.176 e. The third-order valence-electron chi connectivity index (χ3n) is 2.55. The van der Waals surface area contributed by atoms with Gasteiger partial charge in [0.05, 0.1) is 0 Å². The molecule has 15 heavy (non-hydrogen) atoms. The number of fused-ring (bicyclic) bond motifs is 1. The summed E-state index contributed by atoms with van der Waals surface area (Å²) in [5.41, 5.74) is 0. The molecule has 0 saturated carbocycles. The highest BCUT2D eigenvalue weighted by Crippen LogP contribution is 1.90. The second kappa shape index (κ2) is 4.43. The molecule has 1 heteroatoms. The van der Waals surface area contributed by atoms with E-state index in [1.807, 2.05) is 0 Å². The van der Waals surface area contributed by atoms with Gasteiger partial charge in [-0.3, -0.25) is 0 Å². The van der Waals surface area contributed by atoms with Crippen molar-refractivity contribution in [1.82, 2.24) is 0 Å². The molecule has 0 spiro atoms. The number of pyridine rings is 1. The molecular formula is C14H18N+. The van der Waals surface area contributed by atoms with E-state index in [1.54, 1.807) is 0 Å². The van der Waals surface area contributed by atoms with Crippen molar-refractivity contribution in [3.63, 3.8) is 0 Å². The fraction of sp³-hybridized carbons (Fsp3) is 0.357. The number of aromatic nitrogens is 1. The molecule has 0 aromatic carbocycles. The standard InChI is InChI=1S/C14H18N/c1-12(2)10-15-9-8-13-6-4-3-5-7-14(13)11-15/h3-4,6-9,11-12H,5,10H2,1-2H3/q+1. The van der Waals surface area contributed by atoms with Gasteiger partial charge in [0.15, 0.2) is 18.9 Å². The normalized spacial score (nSPS) is 14.1. The first-order chi connectivity index (χ1) is 7.25. The zero-order chi connectivity index (χ0) is 10.7. The Kier molecular flexibility index (Phi) is 3.00. The van der Waals surface area contributed by atoms with Crippen molar-refractivity contribution >= 4 is 12.2 Å². The average molecular weight is 200 g/mol. The zero-order valence-electron chi connectivity index (χ0n) is 9.48. The van der Waals surface area contributed by atoms with Crippen LogP contribution in [0.5, 0.6) is 0 Å². The van der Waals surface area contributed by atoms with Crippen LogP contribution < -0.4 is 15.0 Å². The minimum atomic E-state index is 0.695. The maximum absolute atomic E-state index is 2.28. The van der Waals surface area contributed by atoms with Crippen LogP contribution in [0, 0.1) is 5.92 Å². The summed E-state index contributed by atoms with van der Waals surface area (Å²) in [5.74, 6) is 0.695. The molecule has 78 valence electrons. The van der Waals surface area contributed by atoms with E-state index in [1.165, 1.54) is 10.4 Å². The maximum atomic E-state index is 2.28. The Bertz CT molecular complexity index is 481. The van der Waals surface area contributed by atoms with E-state index in [9.17, 15) is 0 Å². The molecule has 0 N–H and O–H groups in total. The largest absolute Gasteiger partial charge is 0.204 e. The summed E-state index contributed by atoms with van der Waals surface area (Å²) in [6.45, 7) is 5.58. The summed E-state index contributed by atoms with van der Waals surface area (Å²) >= 11 is 0. The first-order valence-electron chi connectivity index (χ1n) is 5.62. The molecule has 1 aromatic heterocycles. The van der Waals surface area contributed by atoms with Gasteiger partial charge in [-0.05, 0) is 11.6 Å². The molecular weight excluding hydrogens is 182 g/mol. The summed E-state index contributed by atoms with van der Waals surface area (Å²) in [4.78, 5) is 0. The maximum Gasteiger partial charge on any atom is 0.176 e. The van der Waals surface area contributed by atoms with Gasteiger partial charge in [-0.1, -0.05) is 38.2 Å². The first kappa shape index (κ1) is 10.2. The average Bonchev–Trinajstić information content (AvgIpc) is 2.41. The molecule has 1 aliphatic rings. The molecule has 0 amide bonds. The van der Waals surface area contributed by atoms with Crippen molar-refractivity contribution in [2.24, 2.45) is 5.92 Å². The third-order valence-corrected chi connectivity index (χ3v) is 2.55. The molecule has 0 saturated heterocycles. The zero-order valence-corrected chi connectivity index (χ0v) is 9.48. The van der Waals surface area contributed by atoms with Crippen LogP contribution >= 0.6 is 0 Å². The van der Waals surface area contributed by atoms with E-state index in [0.717, 1.165) is 13.0 Å². The fourth-order valence-electron chi connectivity index (χ4n) is 1.87. The molecule has 0 atom stereocenters. The minimum Gasteiger partial charge on any atom is -0.204 e. The van der Waals surface area contributed by atoms with Crippen molar-refractivity contribution in [2.45, 2.75) is 26.8 Å². The van der Waals surface area contributed by atoms with E-state index in [2.05, 4.69) is 61.2 Å². The lowest BCUT2D eigenvalue weighted by atomic mass is 10.2. The van der Waals surface area contributed by atoms with Crippen molar-refractivity contribution in [2.75, 3.05) is 0 Å². The summed E-state index contributed by atoms with van der Waals surface area (Å²) in [6.07, 6.45) is 14.2. The Labute approximate surface area is 91.1 Å². The van der Waals surface area contributed by atoms with Gasteiger partial charge in [-0.25, -0.2) is 4.57 Å². The molecule has 1 aliphatic carbocycles. The lowest BCUT2D eigenvalue weighted by Gasteiger charge is -1.99. The van der Waals surface area contributed by atoms with Gasteiger partial charge >= 0.3 is 0 Å². The number of nitrogens with zero attached hydrogens (tertiary/aromatic N) is 1.